The molecule has 0 unspecified atom stereocenters. The van der Waals surface area contributed by atoms with E-state index < -0.39 is 17.7 Å². The van der Waals surface area contributed by atoms with Gasteiger partial charge < -0.3 is 24.3 Å². The van der Waals surface area contributed by atoms with Crippen molar-refractivity contribution in [3.63, 3.8) is 0 Å². The number of benzene rings is 1. The maximum absolute atomic E-state index is 11.8. The van der Waals surface area contributed by atoms with Gasteiger partial charge in [-0.05, 0) is 44.9 Å². The van der Waals surface area contributed by atoms with Crippen LogP contribution < -0.4 is 9.64 Å². The quantitative estimate of drug-likeness (QED) is 0.664. The lowest BCUT2D eigenvalue weighted by molar-refractivity contribution is -0.144. The van der Waals surface area contributed by atoms with E-state index in [1.165, 1.54) is 6.07 Å². The van der Waals surface area contributed by atoms with Gasteiger partial charge in [-0.15, -0.1) is 5.06 Å². The molecule has 1 aromatic heterocycles. The molecule has 172 valence electrons. The number of hydrogen-bond donors (Lipinski definition) is 1. The normalized spacial score (nSPS) is 14.7. The molecule has 0 bridgehead atoms. The van der Waals surface area contributed by atoms with Crippen LogP contribution in [0.25, 0.3) is 0 Å². The molecule has 10 heteroatoms. The zero-order valence-corrected chi connectivity index (χ0v) is 18.7. The molecule has 1 aromatic carbocycles. The highest BCUT2D eigenvalue weighted by Crippen LogP contribution is 2.27. The molecule has 2 aromatic rings. The fourth-order valence-electron chi connectivity index (χ4n) is 3.08. The molecule has 2 heterocycles. The zero-order chi connectivity index (χ0) is 23.3. The van der Waals surface area contributed by atoms with E-state index in [-0.39, 0.29) is 5.56 Å². The summed E-state index contributed by atoms with van der Waals surface area (Å²) >= 11 is 0. The smallest absolute Gasteiger partial charge is 0.478 e. The van der Waals surface area contributed by atoms with Crippen molar-refractivity contribution in [2.75, 3.05) is 31.1 Å². The molecule has 0 saturated carbocycles. The second kappa shape index (κ2) is 9.82. The molecule has 0 radical (unpaired) electrons. The van der Waals surface area contributed by atoms with E-state index in [9.17, 15) is 14.7 Å². The Balaban J connectivity index is 1.63. The van der Waals surface area contributed by atoms with Crippen LogP contribution in [0.3, 0.4) is 0 Å². The van der Waals surface area contributed by atoms with Gasteiger partial charge in [0.1, 0.15) is 11.4 Å². The van der Waals surface area contributed by atoms with Gasteiger partial charge in [0.15, 0.2) is 0 Å². The first-order chi connectivity index (χ1) is 15.1. The number of piperazine rings is 1. The fourth-order valence-corrected chi connectivity index (χ4v) is 3.08. The van der Waals surface area contributed by atoms with Crippen LogP contribution in [-0.2, 0) is 16.0 Å². The van der Waals surface area contributed by atoms with Crippen molar-refractivity contribution in [3.8, 4) is 11.6 Å². The number of carboxylic acid groups (broad SMARTS) is 1. The maximum atomic E-state index is 11.8. The van der Waals surface area contributed by atoms with Crippen molar-refractivity contribution >= 4 is 18.1 Å². The number of nitrogens with zero attached hydrogens (tertiary/aromatic N) is 4. The number of ether oxygens (including phenoxy) is 2. The first-order valence-corrected chi connectivity index (χ1v) is 10.4. The molecule has 0 aliphatic carbocycles. The van der Waals surface area contributed by atoms with Gasteiger partial charge in [0.2, 0.25) is 11.8 Å². The second-order valence-electron chi connectivity index (χ2n) is 8.25. The number of carboxylic acids is 1. The zero-order valence-electron chi connectivity index (χ0n) is 18.7. The van der Waals surface area contributed by atoms with Gasteiger partial charge in [-0.3, -0.25) is 0 Å². The van der Waals surface area contributed by atoms with Crippen LogP contribution in [0.1, 0.15) is 43.6 Å². The predicted octanol–water partition coefficient (Wildman–Crippen LogP) is 3.52. The van der Waals surface area contributed by atoms with Crippen molar-refractivity contribution < 1.29 is 29.0 Å². The van der Waals surface area contributed by atoms with Crippen molar-refractivity contribution in [3.05, 3.63) is 41.6 Å². The number of aromatic carboxylic acids is 1. The number of carbonyl (C=O) groups is 2. The van der Waals surface area contributed by atoms with Gasteiger partial charge in [-0.2, -0.15) is 4.98 Å². The second-order valence-corrected chi connectivity index (χ2v) is 8.25. The number of aromatic nitrogens is 2. The van der Waals surface area contributed by atoms with Crippen LogP contribution >= 0.6 is 0 Å². The van der Waals surface area contributed by atoms with Crippen molar-refractivity contribution in [1.82, 2.24) is 15.0 Å². The molecular formula is C22H28N4O6. The molecule has 10 nitrogen and oxygen atoms in total. The lowest BCUT2D eigenvalue weighted by atomic mass is 10.1. The largest absolute Gasteiger partial charge is 0.528 e. The van der Waals surface area contributed by atoms with Gasteiger partial charge in [0.25, 0.3) is 0 Å². The highest BCUT2D eigenvalue weighted by molar-refractivity contribution is 5.88. The minimum Gasteiger partial charge on any atom is -0.478 e. The summed E-state index contributed by atoms with van der Waals surface area (Å²) < 4.78 is 11.1. The van der Waals surface area contributed by atoms with Gasteiger partial charge in [-0.25, -0.2) is 14.6 Å². The SMILES string of the molecule is CCc1ccc(C(=O)O)cc1Oc1ccnc(N2CCN(OC(=O)OC(C)(C)C)CC2)n1. The standard InChI is InChI=1S/C22H28N4O6/c1-5-15-6-7-16(19(27)28)14-17(15)30-18-8-9-23-20(24-18)25-10-12-26(13-11-25)32-21(29)31-22(2,3)4/h6-9,14H,5,10-13H2,1-4H3,(H,27,28). The summed E-state index contributed by atoms with van der Waals surface area (Å²) in [7, 11) is 0. The summed E-state index contributed by atoms with van der Waals surface area (Å²) in [5.74, 6) is 0.228. The van der Waals surface area contributed by atoms with Crippen LogP contribution in [0.2, 0.25) is 0 Å². The van der Waals surface area contributed by atoms with Crippen molar-refractivity contribution in [1.29, 1.82) is 0 Å². The number of aryl methyl sites for hydroxylation is 1. The molecule has 32 heavy (non-hydrogen) atoms. The van der Waals surface area contributed by atoms with Crippen LogP contribution in [0.4, 0.5) is 10.7 Å². The summed E-state index contributed by atoms with van der Waals surface area (Å²) in [6, 6.07) is 6.41. The van der Waals surface area contributed by atoms with E-state index in [2.05, 4.69) is 9.97 Å². The Hall–Kier alpha value is -3.40. The van der Waals surface area contributed by atoms with E-state index in [1.54, 1.807) is 50.2 Å². The predicted molar refractivity (Wildman–Crippen MR) is 116 cm³/mol. The first-order valence-electron chi connectivity index (χ1n) is 10.4. The summed E-state index contributed by atoms with van der Waals surface area (Å²) in [6.45, 7) is 9.32. The van der Waals surface area contributed by atoms with E-state index >= 15 is 0 Å². The minimum atomic E-state index is -1.02. The van der Waals surface area contributed by atoms with Gasteiger partial charge in [0, 0.05) is 25.4 Å². The van der Waals surface area contributed by atoms with Crippen LogP contribution in [0.5, 0.6) is 11.6 Å². The Morgan fingerprint density at radius 1 is 1.12 bits per heavy atom. The fraction of sp³-hybridized carbons (Fsp3) is 0.455. The Morgan fingerprint density at radius 2 is 1.84 bits per heavy atom. The third-order valence-corrected chi connectivity index (χ3v) is 4.64. The Bertz CT molecular complexity index is 967. The summed E-state index contributed by atoms with van der Waals surface area (Å²) in [5.41, 5.74) is 0.407. The molecule has 1 aliphatic rings. The Labute approximate surface area is 186 Å². The average molecular weight is 444 g/mol. The molecule has 1 N–H and O–H groups in total. The van der Waals surface area contributed by atoms with Gasteiger partial charge in [0.05, 0.1) is 18.7 Å². The molecule has 1 fully saturated rings. The number of carbonyl (C=O) groups excluding carboxylic acids is 1. The third kappa shape index (κ3) is 6.30. The molecule has 0 spiro atoms. The molecule has 0 atom stereocenters. The number of hydroxylamine groups is 2. The Morgan fingerprint density at radius 3 is 2.47 bits per heavy atom. The highest BCUT2D eigenvalue weighted by atomic mass is 16.8. The first kappa shape index (κ1) is 23.3. The van der Waals surface area contributed by atoms with Crippen molar-refractivity contribution in [2.45, 2.75) is 39.7 Å². The summed E-state index contributed by atoms with van der Waals surface area (Å²) in [5, 5.41) is 10.8. The van der Waals surface area contributed by atoms with Crippen LogP contribution in [0, 0.1) is 0 Å². The lowest BCUT2D eigenvalue weighted by Crippen LogP contribution is -2.48. The van der Waals surface area contributed by atoms with E-state index in [1.807, 2.05) is 11.8 Å². The monoisotopic (exact) mass is 444 g/mol. The molecule has 0 amide bonds. The number of rotatable bonds is 6. The summed E-state index contributed by atoms with van der Waals surface area (Å²) in [4.78, 5) is 39.1. The van der Waals surface area contributed by atoms with E-state index in [4.69, 9.17) is 14.3 Å². The van der Waals surface area contributed by atoms with Gasteiger partial charge >= 0.3 is 12.1 Å². The van der Waals surface area contributed by atoms with E-state index in [0.29, 0.717) is 50.2 Å². The highest BCUT2D eigenvalue weighted by Gasteiger charge is 2.25. The maximum Gasteiger partial charge on any atom is 0.528 e. The average Bonchev–Trinajstić information content (AvgIpc) is 2.73. The minimum absolute atomic E-state index is 0.146. The number of anilines is 1. The molecule has 1 saturated heterocycles. The van der Waals surface area contributed by atoms with Crippen LogP contribution in [-0.4, -0.2) is 64.0 Å². The van der Waals surface area contributed by atoms with Gasteiger partial charge in [-0.1, -0.05) is 13.0 Å². The third-order valence-electron chi connectivity index (χ3n) is 4.64. The topological polar surface area (TPSA) is 114 Å². The van der Waals surface area contributed by atoms with Crippen LogP contribution in [0.15, 0.2) is 30.5 Å². The molecular weight excluding hydrogens is 416 g/mol. The summed E-state index contributed by atoms with van der Waals surface area (Å²) in [6.07, 6.45) is 1.55. The number of hydrogen-bond acceptors (Lipinski definition) is 9. The molecule has 3 rings (SSSR count). The lowest BCUT2D eigenvalue weighted by Gasteiger charge is -2.33. The van der Waals surface area contributed by atoms with Crippen molar-refractivity contribution in [2.24, 2.45) is 0 Å². The molecule has 1 aliphatic heterocycles. The Kier molecular flexibility index (Phi) is 7.14. The van der Waals surface area contributed by atoms with E-state index in [0.717, 1.165) is 5.56 Å².